The van der Waals surface area contributed by atoms with Gasteiger partial charge in [-0.05, 0) is 34.0 Å². The van der Waals surface area contributed by atoms with E-state index in [1.807, 2.05) is 0 Å². The van der Waals surface area contributed by atoms with Crippen LogP contribution in [0.2, 0.25) is 0 Å². The van der Waals surface area contributed by atoms with E-state index in [9.17, 15) is 13.2 Å². The molecular weight excluding hydrogens is 261 g/mol. The van der Waals surface area contributed by atoms with Crippen LogP contribution in [0.4, 0.5) is 13.2 Å². The Bertz CT molecular complexity index is 314. The van der Waals surface area contributed by atoms with Crippen molar-refractivity contribution in [2.24, 2.45) is 5.73 Å². The summed E-state index contributed by atoms with van der Waals surface area (Å²) in [6.07, 6.45) is -1.73. The molecule has 0 aliphatic carbocycles. The first-order chi connectivity index (χ1) is 6.41. The molecule has 0 aliphatic rings. The molecule has 0 saturated carbocycles. The Hall–Kier alpha value is -0.620. The van der Waals surface area contributed by atoms with Crippen molar-refractivity contribution < 1.29 is 13.2 Å². The predicted molar refractivity (Wildman–Crippen MR) is 49.7 cm³/mol. The minimum absolute atomic E-state index is 0.243. The first-order valence-corrected chi connectivity index (χ1v) is 4.61. The van der Waals surface area contributed by atoms with Gasteiger partial charge in [-0.1, -0.05) is 0 Å². The summed E-state index contributed by atoms with van der Waals surface area (Å²) in [4.78, 5) is 3.75. The first kappa shape index (κ1) is 11.5. The van der Waals surface area contributed by atoms with Crippen LogP contribution in [0, 0.1) is 0 Å². The van der Waals surface area contributed by atoms with E-state index in [1.165, 1.54) is 18.5 Å². The maximum atomic E-state index is 12.1. The Labute approximate surface area is 87.4 Å². The van der Waals surface area contributed by atoms with E-state index in [2.05, 4.69) is 20.9 Å². The van der Waals surface area contributed by atoms with E-state index < -0.39 is 12.2 Å². The second kappa shape index (κ2) is 4.27. The van der Waals surface area contributed by atoms with Gasteiger partial charge in [0.05, 0.1) is 0 Å². The van der Waals surface area contributed by atoms with Gasteiger partial charge in [0.25, 0.3) is 0 Å². The fraction of sp³-hybridized carbons (Fsp3) is 0.375. The number of alkyl halides is 3. The Morgan fingerprint density at radius 1 is 1.50 bits per heavy atom. The third kappa shape index (κ3) is 2.95. The van der Waals surface area contributed by atoms with Gasteiger partial charge in [-0.15, -0.1) is 0 Å². The van der Waals surface area contributed by atoms with Gasteiger partial charge in [0, 0.05) is 16.9 Å². The molecule has 1 aromatic rings. The average molecular weight is 269 g/mol. The summed E-state index contributed by atoms with van der Waals surface area (Å²) in [5.74, 6) is 0. The molecule has 0 saturated heterocycles. The molecule has 0 amide bonds. The van der Waals surface area contributed by atoms with Gasteiger partial charge in [-0.3, -0.25) is 4.98 Å². The second-order valence-electron chi connectivity index (χ2n) is 2.82. The number of halogens is 4. The molecule has 6 heteroatoms. The highest BCUT2D eigenvalue weighted by atomic mass is 79.9. The summed E-state index contributed by atoms with van der Waals surface area (Å²) in [6, 6.07) is -0.323. The SMILES string of the molecule is NC(Cc1ccncc1Br)C(F)(F)F. The van der Waals surface area contributed by atoms with Gasteiger partial charge in [0.15, 0.2) is 0 Å². The molecule has 14 heavy (non-hydrogen) atoms. The molecule has 0 fully saturated rings. The van der Waals surface area contributed by atoms with Crippen LogP contribution in [0.5, 0.6) is 0 Å². The largest absolute Gasteiger partial charge is 0.403 e. The lowest BCUT2D eigenvalue weighted by atomic mass is 10.1. The Kier molecular flexibility index (Phi) is 3.49. The smallest absolute Gasteiger partial charge is 0.320 e. The molecule has 0 aromatic carbocycles. The summed E-state index contributed by atoms with van der Waals surface area (Å²) in [6.45, 7) is 0. The molecule has 0 bridgehead atoms. The lowest BCUT2D eigenvalue weighted by Crippen LogP contribution is -2.39. The lowest BCUT2D eigenvalue weighted by molar-refractivity contribution is -0.147. The molecule has 0 spiro atoms. The highest BCUT2D eigenvalue weighted by molar-refractivity contribution is 9.10. The van der Waals surface area contributed by atoms with Gasteiger partial charge in [0.1, 0.15) is 6.04 Å². The van der Waals surface area contributed by atoms with Crippen molar-refractivity contribution in [3.63, 3.8) is 0 Å². The summed E-state index contributed by atoms with van der Waals surface area (Å²) >= 11 is 3.11. The summed E-state index contributed by atoms with van der Waals surface area (Å²) in [5, 5.41) is 0. The van der Waals surface area contributed by atoms with Crippen molar-refractivity contribution in [1.29, 1.82) is 0 Å². The molecular formula is C8H8BrF3N2. The van der Waals surface area contributed by atoms with Crippen LogP contribution in [0.1, 0.15) is 5.56 Å². The Balaban J connectivity index is 2.75. The maximum Gasteiger partial charge on any atom is 0.403 e. The van der Waals surface area contributed by atoms with Gasteiger partial charge in [0.2, 0.25) is 0 Å². The Morgan fingerprint density at radius 2 is 2.14 bits per heavy atom. The summed E-state index contributed by atoms with van der Waals surface area (Å²) < 4.78 is 36.9. The predicted octanol–water partition coefficient (Wildman–Crippen LogP) is 2.28. The third-order valence-corrected chi connectivity index (χ3v) is 2.43. The van der Waals surface area contributed by atoms with Crippen LogP contribution >= 0.6 is 15.9 Å². The van der Waals surface area contributed by atoms with Crippen molar-refractivity contribution >= 4 is 15.9 Å². The third-order valence-electron chi connectivity index (χ3n) is 1.72. The number of aromatic nitrogens is 1. The van der Waals surface area contributed by atoms with Crippen LogP contribution in [0.15, 0.2) is 22.9 Å². The van der Waals surface area contributed by atoms with E-state index in [0.29, 0.717) is 10.0 Å². The van der Waals surface area contributed by atoms with Crippen molar-refractivity contribution in [3.05, 3.63) is 28.5 Å². The number of hydrogen-bond donors (Lipinski definition) is 1. The topological polar surface area (TPSA) is 38.9 Å². The van der Waals surface area contributed by atoms with Crippen molar-refractivity contribution in [2.45, 2.75) is 18.6 Å². The zero-order valence-corrected chi connectivity index (χ0v) is 8.64. The molecule has 1 rings (SSSR count). The van der Waals surface area contributed by atoms with Crippen LogP contribution in [0.25, 0.3) is 0 Å². The monoisotopic (exact) mass is 268 g/mol. The minimum atomic E-state index is -4.36. The molecule has 2 N–H and O–H groups in total. The standard InChI is InChI=1S/C8H8BrF3N2/c9-6-4-14-2-1-5(6)3-7(13)8(10,11)12/h1-2,4,7H,3,13H2. The number of hydrogen-bond acceptors (Lipinski definition) is 2. The second-order valence-corrected chi connectivity index (χ2v) is 3.67. The summed E-state index contributed by atoms with van der Waals surface area (Å²) in [7, 11) is 0. The van der Waals surface area contributed by atoms with Crippen LogP contribution in [0.3, 0.4) is 0 Å². The normalized spacial score (nSPS) is 14.1. The number of nitrogens with two attached hydrogens (primary N) is 1. The molecule has 78 valence electrons. The molecule has 1 heterocycles. The average Bonchev–Trinajstić information content (AvgIpc) is 2.07. The van der Waals surface area contributed by atoms with Gasteiger partial charge in [-0.2, -0.15) is 13.2 Å². The van der Waals surface area contributed by atoms with E-state index in [0.717, 1.165) is 0 Å². The van der Waals surface area contributed by atoms with E-state index in [-0.39, 0.29) is 6.42 Å². The molecule has 1 atom stereocenters. The van der Waals surface area contributed by atoms with Crippen LogP contribution < -0.4 is 5.73 Å². The maximum absolute atomic E-state index is 12.1. The number of nitrogens with zero attached hydrogens (tertiary/aromatic N) is 1. The van der Waals surface area contributed by atoms with Crippen LogP contribution in [-0.2, 0) is 6.42 Å². The molecule has 1 aromatic heterocycles. The zero-order valence-electron chi connectivity index (χ0n) is 7.05. The van der Waals surface area contributed by atoms with Gasteiger partial charge >= 0.3 is 6.18 Å². The molecule has 1 unspecified atom stereocenters. The lowest BCUT2D eigenvalue weighted by Gasteiger charge is -2.15. The molecule has 0 aliphatic heterocycles. The van der Waals surface area contributed by atoms with Crippen molar-refractivity contribution in [2.75, 3.05) is 0 Å². The van der Waals surface area contributed by atoms with Crippen molar-refractivity contribution in [3.8, 4) is 0 Å². The van der Waals surface area contributed by atoms with E-state index >= 15 is 0 Å². The quantitative estimate of drug-likeness (QED) is 0.894. The Morgan fingerprint density at radius 3 is 2.64 bits per heavy atom. The molecule has 2 nitrogen and oxygen atoms in total. The molecule has 0 radical (unpaired) electrons. The fourth-order valence-corrected chi connectivity index (χ4v) is 1.33. The van der Waals surface area contributed by atoms with Crippen molar-refractivity contribution in [1.82, 2.24) is 4.98 Å². The number of rotatable bonds is 2. The van der Waals surface area contributed by atoms with E-state index in [1.54, 1.807) is 0 Å². The number of pyridine rings is 1. The van der Waals surface area contributed by atoms with Gasteiger partial charge in [-0.25, -0.2) is 0 Å². The van der Waals surface area contributed by atoms with E-state index in [4.69, 9.17) is 5.73 Å². The van der Waals surface area contributed by atoms with Gasteiger partial charge < -0.3 is 5.73 Å². The fourth-order valence-electron chi connectivity index (χ4n) is 0.922. The highest BCUT2D eigenvalue weighted by Gasteiger charge is 2.36. The van der Waals surface area contributed by atoms with Crippen LogP contribution in [-0.4, -0.2) is 17.2 Å². The highest BCUT2D eigenvalue weighted by Crippen LogP contribution is 2.24. The summed E-state index contributed by atoms with van der Waals surface area (Å²) in [5.41, 5.74) is 5.49. The zero-order chi connectivity index (χ0) is 10.8. The first-order valence-electron chi connectivity index (χ1n) is 3.82. The minimum Gasteiger partial charge on any atom is -0.320 e.